The SMILES string of the molecule is C=CC(C)(CC/C=C(\C)C/C=C(/C)CC/C=C(\C)CC/C=C(\C)C(=O)[C@@H](O)C=C(C)C)Oc1ccc(O)cc1CC(=O)OC. The maximum Gasteiger partial charge on any atom is 0.310 e. The van der Waals surface area contributed by atoms with Crippen LogP contribution in [0.25, 0.3) is 0 Å². The third-order valence-corrected chi connectivity index (χ3v) is 7.46. The van der Waals surface area contributed by atoms with E-state index in [1.54, 1.807) is 31.2 Å². The summed E-state index contributed by atoms with van der Waals surface area (Å²) in [4.78, 5) is 24.1. The molecule has 0 aliphatic heterocycles. The molecule has 44 heavy (non-hydrogen) atoms. The zero-order chi connectivity index (χ0) is 33.3. The molecule has 0 heterocycles. The molecular weight excluding hydrogens is 552 g/mol. The number of benzene rings is 1. The number of ketones is 1. The predicted octanol–water partition coefficient (Wildman–Crippen LogP) is 8.84. The minimum absolute atomic E-state index is 0.00956. The lowest BCUT2D eigenvalue weighted by Crippen LogP contribution is -2.30. The maximum atomic E-state index is 12.2. The smallest absolute Gasteiger partial charge is 0.310 e. The minimum Gasteiger partial charge on any atom is -0.508 e. The van der Waals surface area contributed by atoms with Gasteiger partial charge in [-0.05, 0) is 129 Å². The lowest BCUT2D eigenvalue weighted by Gasteiger charge is -2.28. The summed E-state index contributed by atoms with van der Waals surface area (Å²) in [5.74, 6) is -0.0502. The number of hydrogen-bond donors (Lipinski definition) is 2. The third kappa shape index (κ3) is 15.2. The van der Waals surface area contributed by atoms with Crippen molar-refractivity contribution >= 4 is 11.8 Å². The Morgan fingerprint density at radius 1 is 0.932 bits per heavy atom. The Morgan fingerprint density at radius 3 is 2.16 bits per heavy atom. The first-order valence-corrected chi connectivity index (χ1v) is 15.4. The van der Waals surface area contributed by atoms with Gasteiger partial charge < -0.3 is 19.7 Å². The van der Waals surface area contributed by atoms with Crippen LogP contribution in [0.4, 0.5) is 0 Å². The van der Waals surface area contributed by atoms with Crippen LogP contribution in [-0.2, 0) is 20.7 Å². The first-order chi connectivity index (χ1) is 20.7. The van der Waals surface area contributed by atoms with Crippen LogP contribution >= 0.6 is 0 Å². The number of methoxy groups -OCH3 is 1. The van der Waals surface area contributed by atoms with Crippen LogP contribution in [0.15, 0.2) is 89.1 Å². The molecule has 2 atom stereocenters. The predicted molar refractivity (Wildman–Crippen MR) is 181 cm³/mol. The second-order valence-electron chi connectivity index (χ2n) is 12.1. The van der Waals surface area contributed by atoms with Crippen molar-refractivity contribution < 1.29 is 29.3 Å². The number of carbonyl (C=O) groups is 2. The topological polar surface area (TPSA) is 93.1 Å². The second-order valence-corrected chi connectivity index (χ2v) is 12.1. The Balaban J connectivity index is 2.58. The molecule has 1 aromatic carbocycles. The Bertz CT molecular complexity index is 1270. The standard InChI is InChI=1S/C38H54O6/c1-10-38(8,44-35-22-21-33(39)25-32(35)26-36(41)43-9)23-13-17-30(6)20-19-29(5)15-11-14-28(4)16-12-18-31(7)37(42)34(40)24-27(2)3/h10,14,17-19,21-22,24-25,34,39-40H,1,11-13,15-16,20,23,26H2,2-9H3/b28-14+,29-19-,30-17+,31-18+/t34-,38?/m0/s1. The van der Waals surface area contributed by atoms with E-state index in [0.717, 1.165) is 44.1 Å². The Kier molecular flexibility index (Phi) is 17.1. The van der Waals surface area contributed by atoms with E-state index in [9.17, 15) is 19.8 Å². The molecule has 1 rings (SSSR count). The van der Waals surface area contributed by atoms with E-state index in [-0.39, 0.29) is 18.0 Å². The minimum atomic E-state index is -1.06. The van der Waals surface area contributed by atoms with Gasteiger partial charge in [-0.3, -0.25) is 9.59 Å². The van der Waals surface area contributed by atoms with Crippen molar-refractivity contribution in [2.45, 2.75) is 112 Å². The average Bonchev–Trinajstić information content (AvgIpc) is 2.96. The molecule has 242 valence electrons. The summed E-state index contributed by atoms with van der Waals surface area (Å²) in [6, 6.07) is 4.73. The first-order valence-electron chi connectivity index (χ1n) is 15.4. The van der Waals surface area contributed by atoms with Gasteiger partial charge in [-0.15, -0.1) is 0 Å². The van der Waals surface area contributed by atoms with E-state index >= 15 is 0 Å². The molecule has 0 saturated carbocycles. The number of esters is 1. The quantitative estimate of drug-likeness (QED) is 0.0928. The molecule has 0 radical (unpaired) electrons. The molecule has 0 aromatic heterocycles. The highest BCUT2D eigenvalue weighted by Crippen LogP contribution is 2.30. The summed E-state index contributed by atoms with van der Waals surface area (Å²) in [6.45, 7) is 17.8. The van der Waals surface area contributed by atoms with Gasteiger partial charge in [0.25, 0.3) is 0 Å². The molecule has 2 N–H and O–H groups in total. The third-order valence-electron chi connectivity index (χ3n) is 7.46. The number of rotatable bonds is 19. The van der Waals surface area contributed by atoms with Crippen molar-refractivity contribution in [3.63, 3.8) is 0 Å². The molecule has 0 saturated heterocycles. The molecule has 0 amide bonds. The number of aliphatic hydroxyl groups excluding tert-OH is 1. The summed E-state index contributed by atoms with van der Waals surface area (Å²) in [5.41, 5.74) is 5.38. The number of ether oxygens (including phenoxy) is 2. The number of carbonyl (C=O) groups excluding carboxylic acids is 2. The van der Waals surface area contributed by atoms with E-state index in [1.807, 2.05) is 26.8 Å². The molecule has 0 fully saturated rings. The van der Waals surface area contributed by atoms with E-state index in [1.165, 1.54) is 29.9 Å². The van der Waals surface area contributed by atoms with Crippen LogP contribution in [-0.4, -0.2) is 40.8 Å². The van der Waals surface area contributed by atoms with Gasteiger partial charge in [-0.25, -0.2) is 0 Å². The molecule has 0 spiro atoms. The highest BCUT2D eigenvalue weighted by Gasteiger charge is 2.24. The van der Waals surface area contributed by atoms with Crippen molar-refractivity contribution in [2.75, 3.05) is 7.11 Å². The van der Waals surface area contributed by atoms with E-state index in [0.29, 0.717) is 23.3 Å². The van der Waals surface area contributed by atoms with E-state index < -0.39 is 17.7 Å². The van der Waals surface area contributed by atoms with E-state index in [2.05, 4.69) is 45.6 Å². The summed E-state index contributed by atoms with van der Waals surface area (Å²) in [7, 11) is 1.33. The fourth-order valence-corrected chi connectivity index (χ4v) is 4.49. The Labute approximate surface area is 265 Å². The fourth-order valence-electron chi connectivity index (χ4n) is 4.49. The second kappa shape index (κ2) is 19.6. The lowest BCUT2D eigenvalue weighted by atomic mass is 9.98. The Morgan fingerprint density at radius 2 is 1.55 bits per heavy atom. The number of Topliss-reactive ketones (excluding diaryl/α,β-unsaturated/α-hetero) is 1. The van der Waals surface area contributed by atoms with Gasteiger partial charge in [0.15, 0.2) is 5.78 Å². The molecule has 6 heteroatoms. The van der Waals surface area contributed by atoms with Gasteiger partial charge in [0.05, 0.1) is 13.5 Å². The van der Waals surface area contributed by atoms with Crippen molar-refractivity contribution in [1.82, 2.24) is 0 Å². The van der Waals surface area contributed by atoms with Crippen LogP contribution in [0.2, 0.25) is 0 Å². The summed E-state index contributed by atoms with van der Waals surface area (Å²) in [5, 5.41) is 19.9. The number of phenols is 1. The van der Waals surface area contributed by atoms with Crippen LogP contribution in [0.1, 0.15) is 99.0 Å². The van der Waals surface area contributed by atoms with Gasteiger partial charge in [0.1, 0.15) is 23.2 Å². The fraction of sp³-hybridized carbons (Fsp3) is 0.474. The van der Waals surface area contributed by atoms with Gasteiger partial charge in [-0.1, -0.05) is 53.2 Å². The Hall–Kier alpha value is -3.64. The number of phenolic OH excluding ortho intramolecular Hbond substituents is 1. The molecule has 1 aromatic rings. The number of hydrogen-bond acceptors (Lipinski definition) is 6. The first kappa shape index (κ1) is 38.4. The number of allylic oxidation sites excluding steroid dienone is 8. The monoisotopic (exact) mass is 606 g/mol. The number of aromatic hydroxyl groups is 1. The van der Waals surface area contributed by atoms with Gasteiger partial charge in [0, 0.05) is 5.56 Å². The van der Waals surface area contributed by atoms with Crippen LogP contribution in [0.5, 0.6) is 11.5 Å². The lowest BCUT2D eigenvalue weighted by molar-refractivity contribution is -0.139. The highest BCUT2D eigenvalue weighted by atomic mass is 16.5. The molecule has 1 unspecified atom stereocenters. The zero-order valence-electron chi connectivity index (χ0n) is 28.2. The molecular formula is C38H54O6. The molecule has 6 nitrogen and oxygen atoms in total. The summed E-state index contributed by atoms with van der Waals surface area (Å²) >= 11 is 0. The molecule has 0 aliphatic rings. The maximum absolute atomic E-state index is 12.2. The molecule has 0 bridgehead atoms. The van der Waals surface area contributed by atoms with Crippen molar-refractivity contribution in [1.29, 1.82) is 0 Å². The van der Waals surface area contributed by atoms with Gasteiger partial charge >= 0.3 is 5.97 Å². The largest absolute Gasteiger partial charge is 0.508 e. The number of aliphatic hydroxyl groups is 1. The molecule has 0 aliphatic carbocycles. The highest BCUT2D eigenvalue weighted by molar-refractivity contribution is 5.99. The van der Waals surface area contributed by atoms with Crippen molar-refractivity contribution in [3.05, 3.63) is 94.7 Å². The van der Waals surface area contributed by atoms with Crippen molar-refractivity contribution in [2.24, 2.45) is 0 Å². The van der Waals surface area contributed by atoms with Crippen LogP contribution in [0.3, 0.4) is 0 Å². The zero-order valence-corrected chi connectivity index (χ0v) is 28.2. The van der Waals surface area contributed by atoms with Crippen LogP contribution in [0, 0.1) is 0 Å². The normalized spacial score (nSPS) is 14.8. The van der Waals surface area contributed by atoms with Gasteiger partial charge in [0.2, 0.25) is 0 Å². The van der Waals surface area contributed by atoms with Crippen LogP contribution < -0.4 is 4.74 Å². The van der Waals surface area contributed by atoms with E-state index in [4.69, 9.17) is 9.47 Å². The summed E-state index contributed by atoms with van der Waals surface area (Å²) in [6.07, 6.45) is 17.0. The van der Waals surface area contributed by atoms with Gasteiger partial charge in [-0.2, -0.15) is 0 Å². The summed E-state index contributed by atoms with van der Waals surface area (Å²) < 4.78 is 11.1. The average molecular weight is 607 g/mol. The van der Waals surface area contributed by atoms with Crippen molar-refractivity contribution in [3.8, 4) is 11.5 Å².